The van der Waals surface area contributed by atoms with Crippen LogP contribution in [0.1, 0.15) is 27.7 Å². The van der Waals surface area contributed by atoms with Crippen LogP contribution in [0.5, 0.6) is 11.5 Å². The molecule has 0 spiro atoms. The number of ether oxygens (including phenoxy) is 2. The topological polar surface area (TPSA) is 66.3 Å². The number of H-pyrrole nitrogens is 1. The van der Waals surface area contributed by atoms with E-state index in [1.54, 1.807) is 0 Å². The summed E-state index contributed by atoms with van der Waals surface area (Å²) >= 11 is 13.9. The minimum Gasteiger partial charge on any atom is -0.492 e. The van der Waals surface area contributed by atoms with Gasteiger partial charge in [0.05, 0.1) is 12.6 Å². The SMILES string of the molecule is Cc1cn(CCOc2ccc(C3c4[nH]c5ccc(Cl)cc5c4CCN3COc3ccc(Cl)cc3)cc2)c(=N)s1. The fourth-order valence-corrected chi connectivity index (χ4v) is 6.25. The van der Waals surface area contributed by atoms with E-state index in [4.69, 9.17) is 38.1 Å². The van der Waals surface area contributed by atoms with Crippen LogP contribution in [0.15, 0.2) is 72.9 Å². The third kappa shape index (κ3) is 5.58. The number of aromatic nitrogens is 2. The number of nitrogens with one attached hydrogen (secondary N) is 2. The molecule has 3 aromatic carbocycles. The molecule has 0 amide bonds. The number of benzene rings is 3. The van der Waals surface area contributed by atoms with E-state index in [2.05, 4.69) is 28.1 Å². The smallest absolute Gasteiger partial charge is 0.182 e. The van der Waals surface area contributed by atoms with Crippen molar-refractivity contribution < 1.29 is 9.47 Å². The van der Waals surface area contributed by atoms with Gasteiger partial charge in [-0.2, -0.15) is 0 Å². The summed E-state index contributed by atoms with van der Waals surface area (Å²) in [6, 6.07) is 21.8. The fraction of sp³-hybridized carbons (Fsp3) is 0.233. The van der Waals surface area contributed by atoms with Crippen molar-refractivity contribution in [3.05, 3.63) is 109 Å². The highest BCUT2D eigenvalue weighted by Crippen LogP contribution is 2.39. The van der Waals surface area contributed by atoms with Crippen molar-refractivity contribution in [1.29, 1.82) is 5.41 Å². The summed E-state index contributed by atoms with van der Waals surface area (Å²) in [4.78, 5) is 7.69. The van der Waals surface area contributed by atoms with E-state index in [9.17, 15) is 0 Å². The molecular weight excluding hydrogens is 551 g/mol. The predicted molar refractivity (Wildman–Crippen MR) is 157 cm³/mol. The summed E-state index contributed by atoms with van der Waals surface area (Å²) in [5.74, 6) is 1.59. The Bertz CT molecular complexity index is 1660. The van der Waals surface area contributed by atoms with E-state index < -0.39 is 0 Å². The normalized spacial score (nSPS) is 15.4. The minimum absolute atomic E-state index is 0.0171. The Hall–Kier alpha value is -3.23. The van der Waals surface area contributed by atoms with Gasteiger partial charge in [-0.25, -0.2) is 0 Å². The molecule has 0 radical (unpaired) electrons. The summed E-state index contributed by atoms with van der Waals surface area (Å²) in [5, 5.41) is 10.6. The van der Waals surface area contributed by atoms with Gasteiger partial charge in [-0.1, -0.05) is 35.3 Å². The summed E-state index contributed by atoms with van der Waals surface area (Å²) in [7, 11) is 0. The second-order valence-corrected chi connectivity index (χ2v) is 11.8. The summed E-state index contributed by atoms with van der Waals surface area (Å²) in [6.07, 6.45) is 2.89. The molecule has 0 saturated heterocycles. The number of hydrogen-bond acceptors (Lipinski definition) is 5. The largest absolute Gasteiger partial charge is 0.492 e. The molecule has 2 aromatic heterocycles. The van der Waals surface area contributed by atoms with Crippen molar-refractivity contribution in [2.75, 3.05) is 19.9 Å². The van der Waals surface area contributed by atoms with Gasteiger partial charge in [-0.05, 0) is 79.1 Å². The lowest BCUT2D eigenvalue weighted by molar-refractivity contribution is 0.0910. The second kappa shape index (κ2) is 11.1. The first-order valence-corrected chi connectivity index (χ1v) is 14.4. The van der Waals surface area contributed by atoms with E-state index in [1.807, 2.05) is 66.2 Å². The Morgan fingerprint density at radius 1 is 0.974 bits per heavy atom. The number of thiazole rings is 1. The number of halogens is 2. The molecule has 0 aliphatic carbocycles. The van der Waals surface area contributed by atoms with E-state index >= 15 is 0 Å². The first-order valence-electron chi connectivity index (χ1n) is 12.8. The fourth-order valence-electron chi connectivity index (χ4n) is 5.21. The van der Waals surface area contributed by atoms with Gasteiger partial charge in [0, 0.05) is 44.3 Å². The molecule has 1 aliphatic heterocycles. The number of aryl methyl sites for hydroxylation is 1. The Kier molecular flexibility index (Phi) is 7.40. The van der Waals surface area contributed by atoms with Crippen LogP contribution in [0.25, 0.3) is 10.9 Å². The van der Waals surface area contributed by atoms with E-state index in [1.165, 1.54) is 28.0 Å². The maximum Gasteiger partial charge on any atom is 0.182 e. The highest BCUT2D eigenvalue weighted by Gasteiger charge is 2.32. The number of rotatable bonds is 8. The van der Waals surface area contributed by atoms with Crippen molar-refractivity contribution in [1.82, 2.24) is 14.5 Å². The number of hydrogen-bond donors (Lipinski definition) is 2. The molecule has 2 N–H and O–H groups in total. The molecule has 200 valence electrons. The quantitative estimate of drug-likeness (QED) is 0.205. The molecule has 1 aliphatic rings. The van der Waals surface area contributed by atoms with Crippen LogP contribution in [0.3, 0.4) is 0 Å². The molecule has 0 fully saturated rings. The van der Waals surface area contributed by atoms with Crippen molar-refractivity contribution in [3.63, 3.8) is 0 Å². The molecule has 6 rings (SSSR count). The van der Waals surface area contributed by atoms with Crippen LogP contribution in [0, 0.1) is 12.3 Å². The highest BCUT2D eigenvalue weighted by molar-refractivity contribution is 7.09. The van der Waals surface area contributed by atoms with Crippen LogP contribution >= 0.6 is 34.5 Å². The van der Waals surface area contributed by atoms with Gasteiger partial charge in [-0.3, -0.25) is 10.3 Å². The molecule has 3 heterocycles. The van der Waals surface area contributed by atoms with Crippen LogP contribution in [-0.4, -0.2) is 34.3 Å². The predicted octanol–water partition coefficient (Wildman–Crippen LogP) is 7.19. The first-order chi connectivity index (χ1) is 18.9. The molecule has 5 aromatic rings. The second-order valence-electron chi connectivity index (χ2n) is 9.66. The maximum absolute atomic E-state index is 8.04. The zero-order valence-electron chi connectivity index (χ0n) is 21.4. The van der Waals surface area contributed by atoms with Crippen LogP contribution in [0.4, 0.5) is 0 Å². The zero-order chi connectivity index (χ0) is 26.9. The summed E-state index contributed by atoms with van der Waals surface area (Å²) in [5.41, 5.74) is 4.70. The monoisotopic (exact) mass is 578 g/mol. The van der Waals surface area contributed by atoms with Gasteiger partial charge >= 0.3 is 0 Å². The number of nitrogens with zero attached hydrogens (tertiary/aromatic N) is 2. The maximum atomic E-state index is 8.04. The lowest BCUT2D eigenvalue weighted by Crippen LogP contribution is -2.38. The lowest BCUT2D eigenvalue weighted by Gasteiger charge is -2.35. The van der Waals surface area contributed by atoms with E-state index in [0.29, 0.717) is 29.7 Å². The van der Waals surface area contributed by atoms with Gasteiger partial charge in [0.1, 0.15) is 24.8 Å². The lowest BCUT2D eigenvalue weighted by atomic mass is 9.93. The van der Waals surface area contributed by atoms with Crippen LogP contribution in [-0.2, 0) is 13.0 Å². The van der Waals surface area contributed by atoms with Crippen molar-refractivity contribution in [2.24, 2.45) is 0 Å². The van der Waals surface area contributed by atoms with Crippen molar-refractivity contribution in [3.8, 4) is 11.5 Å². The van der Waals surface area contributed by atoms with Crippen molar-refractivity contribution in [2.45, 2.75) is 25.9 Å². The number of aromatic amines is 1. The molecule has 0 bridgehead atoms. The van der Waals surface area contributed by atoms with Gasteiger partial charge in [0.15, 0.2) is 4.80 Å². The van der Waals surface area contributed by atoms with Crippen LogP contribution < -0.4 is 14.3 Å². The Balaban J connectivity index is 1.25. The molecule has 1 atom stereocenters. The number of fused-ring (bicyclic) bond motifs is 3. The highest BCUT2D eigenvalue weighted by atomic mass is 35.5. The molecule has 6 nitrogen and oxygen atoms in total. The first kappa shape index (κ1) is 26.0. The van der Waals surface area contributed by atoms with Gasteiger partial charge in [0.25, 0.3) is 0 Å². The third-order valence-electron chi connectivity index (χ3n) is 7.05. The van der Waals surface area contributed by atoms with Crippen molar-refractivity contribution >= 4 is 45.4 Å². The minimum atomic E-state index is -0.0171. The standard InChI is InChI=1S/C30H28Cl2N4O2S/c1-19-17-35(30(33)39-19)14-15-37-23-7-2-20(3-8-23)29-28-25(26-16-22(32)6-11-27(26)34-28)12-13-36(29)18-38-24-9-4-21(31)5-10-24/h2-11,16-17,29,33-34H,12-15,18H2,1H3. The van der Waals surface area contributed by atoms with E-state index in [0.717, 1.165) is 45.4 Å². The average molecular weight is 580 g/mol. The third-order valence-corrected chi connectivity index (χ3v) is 8.39. The average Bonchev–Trinajstić information content (AvgIpc) is 3.46. The van der Waals surface area contributed by atoms with Gasteiger partial charge in [0.2, 0.25) is 0 Å². The van der Waals surface area contributed by atoms with E-state index in [-0.39, 0.29) is 6.04 Å². The van der Waals surface area contributed by atoms with Crippen LogP contribution in [0.2, 0.25) is 10.0 Å². The zero-order valence-corrected chi connectivity index (χ0v) is 23.7. The molecule has 39 heavy (non-hydrogen) atoms. The van der Waals surface area contributed by atoms with Gasteiger partial charge < -0.3 is 19.0 Å². The Labute approximate surface area is 240 Å². The Morgan fingerprint density at radius 3 is 2.44 bits per heavy atom. The molecular formula is C30H28Cl2N4O2S. The molecule has 9 heteroatoms. The Morgan fingerprint density at radius 2 is 1.69 bits per heavy atom. The summed E-state index contributed by atoms with van der Waals surface area (Å²) < 4.78 is 14.1. The van der Waals surface area contributed by atoms with Gasteiger partial charge in [-0.15, -0.1) is 11.3 Å². The molecule has 0 saturated carbocycles. The molecule has 1 unspecified atom stereocenters. The summed E-state index contributed by atoms with van der Waals surface area (Å²) in [6.45, 7) is 4.44.